The van der Waals surface area contributed by atoms with E-state index in [1.54, 1.807) is 24.3 Å². The van der Waals surface area contributed by atoms with Crippen LogP contribution in [0.4, 0.5) is 20.6 Å². The molecular formula is C23H21FN4O5. The van der Waals surface area contributed by atoms with Crippen molar-refractivity contribution in [2.45, 2.75) is 31.2 Å². The van der Waals surface area contributed by atoms with Crippen LogP contribution in [0.25, 0.3) is 11.3 Å². The molecule has 0 aliphatic heterocycles. The van der Waals surface area contributed by atoms with Gasteiger partial charge in [0, 0.05) is 23.0 Å². The summed E-state index contributed by atoms with van der Waals surface area (Å²) >= 11 is 0. The van der Waals surface area contributed by atoms with Crippen LogP contribution in [0.5, 0.6) is 0 Å². The van der Waals surface area contributed by atoms with Gasteiger partial charge in [-0.05, 0) is 49.2 Å². The Labute approximate surface area is 188 Å². The van der Waals surface area contributed by atoms with Gasteiger partial charge in [-0.25, -0.2) is 14.0 Å². The third-order valence-electron chi connectivity index (χ3n) is 5.49. The molecule has 2 aromatic carbocycles. The number of carboxylic acid groups (broad SMARTS) is 1. The summed E-state index contributed by atoms with van der Waals surface area (Å²) in [5, 5.41) is 21.2. The normalized spacial score (nSPS) is 14.5. The van der Waals surface area contributed by atoms with Crippen molar-refractivity contribution in [1.29, 1.82) is 0 Å². The van der Waals surface area contributed by atoms with Gasteiger partial charge >= 0.3 is 12.0 Å². The minimum atomic E-state index is -1.27. The van der Waals surface area contributed by atoms with Crippen LogP contribution < -0.4 is 16.0 Å². The van der Waals surface area contributed by atoms with E-state index in [4.69, 9.17) is 4.52 Å². The maximum absolute atomic E-state index is 12.9. The van der Waals surface area contributed by atoms with Gasteiger partial charge in [-0.2, -0.15) is 0 Å². The molecule has 1 aliphatic carbocycles. The quantitative estimate of drug-likeness (QED) is 0.442. The predicted octanol–water partition coefficient (Wildman–Crippen LogP) is 4.25. The van der Waals surface area contributed by atoms with Crippen LogP contribution in [0.1, 0.15) is 36.2 Å². The summed E-state index contributed by atoms with van der Waals surface area (Å²) in [5.41, 5.74) is 0.700. The molecule has 0 spiro atoms. The molecule has 33 heavy (non-hydrogen) atoms. The number of aromatic nitrogens is 1. The first-order valence-corrected chi connectivity index (χ1v) is 10.3. The molecule has 0 saturated heterocycles. The number of anilines is 2. The first-order chi connectivity index (χ1) is 15.8. The molecule has 1 aliphatic rings. The van der Waals surface area contributed by atoms with Gasteiger partial charge in [0.1, 0.15) is 17.1 Å². The predicted molar refractivity (Wildman–Crippen MR) is 117 cm³/mol. The number of nitrogens with zero attached hydrogens (tertiary/aromatic N) is 1. The largest absolute Gasteiger partial charge is 0.480 e. The van der Waals surface area contributed by atoms with E-state index in [9.17, 15) is 23.9 Å². The van der Waals surface area contributed by atoms with Crippen LogP contribution in [-0.4, -0.2) is 33.7 Å². The van der Waals surface area contributed by atoms with Gasteiger partial charge in [0.25, 0.3) is 5.91 Å². The minimum absolute atomic E-state index is 0.0848. The molecule has 0 bridgehead atoms. The highest BCUT2D eigenvalue weighted by atomic mass is 19.1. The van der Waals surface area contributed by atoms with E-state index in [2.05, 4.69) is 21.1 Å². The van der Waals surface area contributed by atoms with Crippen molar-refractivity contribution in [1.82, 2.24) is 10.5 Å². The zero-order chi connectivity index (χ0) is 23.4. The highest BCUT2D eigenvalue weighted by molar-refractivity contribution is 6.00. The smallest absolute Gasteiger partial charge is 0.329 e. The molecule has 0 atom stereocenters. The third-order valence-corrected chi connectivity index (χ3v) is 5.49. The summed E-state index contributed by atoms with van der Waals surface area (Å²) in [6.07, 6.45) is 2.21. The van der Waals surface area contributed by atoms with Crippen LogP contribution in [0.3, 0.4) is 0 Å². The number of benzene rings is 2. The summed E-state index contributed by atoms with van der Waals surface area (Å²) in [4.78, 5) is 36.2. The summed E-state index contributed by atoms with van der Waals surface area (Å²) in [6.45, 7) is 0. The van der Waals surface area contributed by atoms with Gasteiger partial charge in [-0.3, -0.25) is 4.79 Å². The van der Waals surface area contributed by atoms with E-state index in [0.29, 0.717) is 35.5 Å². The van der Waals surface area contributed by atoms with Crippen molar-refractivity contribution in [3.8, 4) is 11.3 Å². The lowest BCUT2D eigenvalue weighted by Gasteiger charge is -2.24. The first kappa shape index (κ1) is 22.0. The van der Waals surface area contributed by atoms with E-state index < -0.39 is 29.3 Å². The molecule has 0 radical (unpaired) electrons. The molecule has 170 valence electrons. The van der Waals surface area contributed by atoms with Crippen molar-refractivity contribution >= 4 is 29.3 Å². The standard InChI is InChI=1S/C23H21FN4O5/c24-15-5-9-17(10-6-15)26-22(32)25-16-7-3-14(4-8-16)18-13-19(33-28-18)20(29)27-23(21(30)31)11-1-2-12-23/h3-10,13H,1-2,11-12H2,(H,27,29)(H,30,31)(H2,25,26,32). The van der Waals surface area contributed by atoms with E-state index in [1.165, 1.54) is 30.3 Å². The lowest BCUT2D eigenvalue weighted by Crippen LogP contribution is -2.52. The Morgan fingerprint density at radius 3 is 2.09 bits per heavy atom. The fourth-order valence-corrected chi connectivity index (χ4v) is 3.72. The van der Waals surface area contributed by atoms with Crippen LogP contribution in [0.2, 0.25) is 0 Å². The lowest BCUT2D eigenvalue weighted by atomic mass is 9.97. The monoisotopic (exact) mass is 452 g/mol. The zero-order valence-corrected chi connectivity index (χ0v) is 17.4. The van der Waals surface area contributed by atoms with E-state index in [-0.39, 0.29) is 5.76 Å². The number of carbonyl (C=O) groups is 3. The van der Waals surface area contributed by atoms with Gasteiger partial charge < -0.3 is 25.6 Å². The second-order valence-corrected chi connectivity index (χ2v) is 7.79. The van der Waals surface area contributed by atoms with Gasteiger partial charge in [0.05, 0.1) is 0 Å². The number of carboxylic acids is 1. The topological polar surface area (TPSA) is 134 Å². The number of nitrogens with one attached hydrogen (secondary N) is 3. The molecule has 10 heteroatoms. The number of carbonyl (C=O) groups excluding carboxylic acids is 2. The number of amides is 3. The Morgan fingerprint density at radius 2 is 1.52 bits per heavy atom. The molecular weight excluding hydrogens is 431 g/mol. The zero-order valence-electron chi connectivity index (χ0n) is 17.4. The van der Waals surface area contributed by atoms with Crippen molar-refractivity contribution in [3.63, 3.8) is 0 Å². The number of rotatable bonds is 6. The minimum Gasteiger partial charge on any atom is -0.480 e. The second-order valence-electron chi connectivity index (χ2n) is 7.79. The van der Waals surface area contributed by atoms with Gasteiger partial charge in [-0.1, -0.05) is 30.1 Å². The average Bonchev–Trinajstić information content (AvgIpc) is 3.47. The van der Waals surface area contributed by atoms with E-state index in [0.717, 1.165) is 12.8 Å². The maximum Gasteiger partial charge on any atom is 0.329 e. The number of urea groups is 1. The molecule has 3 aromatic rings. The van der Waals surface area contributed by atoms with E-state index in [1.807, 2.05) is 0 Å². The molecule has 1 fully saturated rings. The Morgan fingerprint density at radius 1 is 0.939 bits per heavy atom. The van der Waals surface area contributed by atoms with E-state index >= 15 is 0 Å². The second kappa shape index (κ2) is 9.11. The summed E-state index contributed by atoms with van der Waals surface area (Å²) in [7, 11) is 0. The number of hydrogen-bond donors (Lipinski definition) is 4. The molecule has 0 unspecified atom stereocenters. The Hall–Kier alpha value is -4.21. The van der Waals surface area contributed by atoms with Crippen molar-refractivity contribution in [2.24, 2.45) is 0 Å². The molecule has 9 nitrogen and oxygen atoms in total. The van der Waals surface area contributed by atoms with Gasteiger partial charge in [0.15, 0.2) is 0 Å². The van der Waals surface area contributed by atoms with Crippen LogP contribution in [-0.2, 0) is 4.79 Å². The summed E-state index contributed by atoms with van der Waals surface area (Å²) in [5.74, 6) is -2.17. The molecule has 1 heterocycles. The first-order valence-electron chi connectivity index (χ1n) is 10.3. The van der Waals surface area contributed by atoms with Gasteiger partial charge in [0.2, 0.25) is 5.76 Å². The Kier molecular flexibility index (Phi) is 6.07. The Balaban J connectivity index is 1.38. The Bertz CT molecular complexity index is 1170. The van der Waals surface area contributed by atoms with Crippen LogP contribution in [0.15, 0.2) is 59.1 Å². The third kappa shape index (κ3) is 5.00. The maximum atomic E-state index is 12.9. The number of aliphatic carboxylic acids is 1. The number of hydrogen-bond acceptors (Lipinski definition) is 5. The molecule has 3 amide bonds. The molecule has 1 aromatic heterocycles. The summed E-state index contributed by atoms with van der Waals surface area (Å²) in [6, 6.07) is 13.0. The highest BCUT2D eigenvalue weighted by Gasteiger charge is 2.43. The SMILES string of the molecule is O=C(Nc1ccc(F)cc1)Nc1ccc(-c2cc(C(=O)NC3(C(=O)O)CCCC3)on2)cc1. The molecule has 4 N–H and O–H groups in total. The highest BCUT2D eigenvalue weighted by Crippen LogP contribution is 2.30. The van der Waals surface area contributed by atoms with Crippen LogP contribution in [0, 0.1) is 5.82 Å². The molecule has 1 saturated carbocycles. The fraction of sp³-hybridized carbons (Fsp3) is 0.217. The van der Waals surface area contributed by atoms with Gasteiger partial charge in [-0.15, -0.1) is 0 Å². The average molecular weight is 452 g/mol. The van der Waals surface area contributed by atoms with Crippen molar-refractivity contribution < 1.29 is 28.4 Å². The van der Waals surface area contributed by atoms with Crippen molar-refractivity contribution in [2.75, 3.05) is 10.6 Å². The summed E-state index contributed by atoms with van der Waals surface area (Å²) < 4.78 is 18.1. The van der Waals surface area contributed by atoms with Crippen LogP contribution >= 0.6 is 0 Å². The van der Waals surface area contributed by atoms with Crippen molar-refractivity contribution in [3.05, 3.63) is 66.2 Å². The molecule has 4 rings (SSSR count). The number of halogens is 1. The lowest BCUT2D eigenvalue weighted by molar-refractivity contribution is -0.144. The fourth-order valence-electron chi connectivity index (χ4n) is 3.72.